The fourth-order valence-corrected chi connectivity index (χ4v) is 2.83. The first kappa shape index (κ1) is 14.1. The minimum atomic E-state index is 0.0862. The van der Waals surface area contributed by atoms with Gasteiger partial charge >= 0.3 is 0 Å². The van der Waals surface area contributed by atoms with Crippen LogP contribution in [0.25, 0.3) is 0 Å². The van der Waals surface area contributed by atoms with E-state index in [-0.39, 0.29) is 6.10 Å². The Balaban J connectivity index is 1.79. The second-order valence-electron chi connectivity index (χ2n) is 5.42. The van der Waals surface area contributed by atoms with E-state index in [1.54, 1.807) is 0 Å². The second-order valence-corrected chi connectivity index (χ2v) is 5.42. The molecular formula is C18H21NO2. The van der Waals surface area contributed by atoms with E-state index in [9.17, 15) is 0 Å². The van der Waals surface area contributed by atoms with Gasteiger partial charge in [-0.15, -0.1) is 0 Å². The van der Waals surface area contributed by atoms with Gasteiger partial charge in [-0.3, -0.25) is 0 Å². The molecule has 0 spiro atoms. The molecule has 1 heterocycles. The smallest absolute Gasteiger partial charge is 0.127 e. The maximum absolute atomic E-state index is 5.94. The molecule has 0 radical (unpaired) electrons. The Labute approximate surface area is 125 Å². The average molecular weight is 283 g/mol. The third-order valence-corrected chi connectivity index (χ3v) is 3.91. The molecule has 110 valence electrons. The van der Waals surface area contributed by atoms with Crippen LogP contribution >= 0.6 is 0 Å². The Morgan fingerprint density at radius 2 is 1.86 bits per heavy atom. The topological polar surface area (TPSA) is 44.5 Å². The average Bonchev–Trinajstić information content (AvgIpc) is 2.56. The highest BCUT2D eigenvalue weighted by atomic mass is 16.5. The lowest BCUT2D eigenvalue weighted by Crippen LogP contribution is -2.28. The van der Waals surface area contributed by atoms with Crippen LogP contribution in [-0.2, 0) is 4.74 Å². The van der Waals surface area contributed by atoms with E-state index >= 15 is 0 Å². The standard InChI is InChI=1S/C18H21NO2/c19-13-15-7-5-11-20-18(15)14-6-4-10-17(12-14)21-16-8-2-1-3-9-16/h1-4,6,8-10,12,15,18H,5,7,11,13,19H2. The zero-order chi connectivity index (χ0) is 14.5. The molecule has 2 aromatic carbocycles. The minimum Gasteiger partial charge on any atom is -0.457 e. The Kier molecular flexibility index (Phi) is 4.53. The van der Waals surface area contributed by atoms with Crippen LogP contribution in [0.15, 0.2) is 54.6 Å². The minimum absolute atomic E-state index is 0.0862. The highest BCUT2D eigenvalue weighted by Gasteiger charge is 2.26. The molecule has 0 saturated carbocycles. The molecule has 0 amide bonds. The number of rotatable bonds is 4. The summed E-state index contributed by atoms with van der Waals surface area (Å²) in [5, 5.41) is 0. The van der Waals surface area contributed by atoms with Crippen molar-refractivity contribution in [2.24, 2.45) is 11.7 Å². The quantitative estimate of drug-likeness (QED) is 0.925. The van der Waals surface area contributed by atoms with Crippen LogP contribution in [0.1, 0.15) is 24.5 Å². The van der Waals surface area contributed by atoms with Crippen molar-refractivity contribution < 1.29 is 9.47 Å². The van der Waals surface area contributed by atoms with Gasteiger partial charge in [-0.25, -0.2) is 0 Å². The van der Waals surface area contributed by atoms with Crippen molar-refractivity contribution in [3.8, 4) is 11.5 Å². The summed E-state index contributed by atoms with van der Waals surface area (Å²) in [5.74, 6) is 2.07. The van der Waals surface area contributed by atoms with E-state index < -0.39 is 0 Å². The Bertz CT molecular complexity index is 570. The summed E-state index contributed by atoms with van der Waals surface area (Å²) in [6.45, 7) is 1.47. The number of hydrogen-bond donors (Lipinski definition) is 1. The number of hydrogen-bond acceptors (Lipinski definition) is 3. The van der Waals surface area contributed by atoms with E-state index in [1.165, 1.54) is 0 Å². The Hall–Kier alpha value is -1.84. The second kappa shape index (κ2) is 6.74. The van der Waals surface area contributed by atoms with Gasteiger partial charge in [0.05, 0.1) is 6.10 Å². The van der Waals surface area contributed by atoms with Crippen molar-refractivity contribution in [1.82, 2.24) is 0 Å². The van der Waals surface area contributed by atoms with Crippen molar-refractivity contribution in [2.75, 3.05) is 13.2 Å². The molecule has 2 N–H and O–H groups in total. The number of ether oxygens (including phenoxy) is 2. The Morgan fingerprint density at radius 1 is 1.05 bits per heavy atom. The highest BCUT2D eigenvalue weighted by molar-refractivity contribution is 5.35. The molecule has 1 fully saturated rings. The molecule has 1 aliphatic heterocycles. The van der Waals surface area contributed by atoms with Crippen molar-refractivity contribution >= 4 is 0 Å². The van der Waals surface area contributed by atoms with E-state index in [2.05, 4.69) is 12.1 Å². The van der Waals surface area contributed by atoms with Crippen molar-refractivity contribution in [3.63, 3.8) is 0 Å². The lowest BCUT2D eigenvalue weighted by Gasteiger charge is -2.31. The van der Waals surface area contributed by atoms with Gasteiger partial charge in [0.25, 0.3) is 0 Å². The number of benzene rings is 2. The van der Waals surface area contributed by atoms with Crippen LogP contribution in [0, 0.1) is 5.92 Å². The molecule has 21 heavy (non-hydrogen) atoms. The normalized spacial score (nSPS) is 22.0. The predicted octanol–water partition coefficient (Wildman–Crippen LogP) is 3.91. The van der Waals surface area contributed by atoms with Gasteiger partial charge in [0, 0.05) is 12.5 Å². The third kappa shape index (κ3) is 3.43. The van der Waals surface area contributed by atoms with Crippen LogP contribution in [0.5, 0.6) is 11.5 Å². The fourth-order valence-electron chi connectivity index (χ4n) is 2.83. The summed E-state index contributed by atoms with van der Waals surface area (Å²) < 4.78 is 11.8. The predicted molar refractivity (Wildman–Crippen MR) is 83.4 cm³/mol. The highest BCUT2D eigenvalue weighted by Crippen LogP contribution is 2.35. The molecule has 2 atom stereocenters. The maximum Gasteiger partial charge on any atom is 0.127 e. The largest absolute Gasteiger partial charge is 0.457 e. The zero-order valence-electron chi connectivity index (χ0n) is 12.1. The molecule has 3 nitrogen and oxygen atoms in total. The van der Waals surface area contributed by atoms with Gasteiger partial charge in [-0.1, -0.05) is 30.3 Å². The van der Waals surface area contributed by atoms with Crippen molar-refractivity contribution in [1.29, 1.82) is 0 Å². The lowest BCUT2D eigenvalue weighted by atomic mass is 9.89. The molecule has 2 aromatic rings. The molecule has 3 heteroatoms. The van der Waals surface area contributed by atoms with Crippen LogP contribution in [0.3, 0.4) is 0 Å². The Morgan fingerprint density at radius 3 is 2.67 bits per heavy atom. The van der Waals surface area contributed by atoms with E-state index in [4.69, 9.17) is 15.2 Å². The first-order chi connectivity index (χ1) is 10.4. The number of nitrogens with two attached hydrogens (primary N) is 1. The van der Waals surface area contributed by atoms with Gasteiger partial charge in [0.2, 0.25) is 0 Å². The molecule has 0 bridgehead atoms. The van der Waals surface area contributed by atoms with Crippen LogP contribution in [0.4, 0.5) is 0 Å². The summed E-state index contributed by atoms with van der Waals surface area (Å²) in [6.07, 6.45) is 2.31. The van der Waals surface area contributed by atoms with Gasteiger partial charge < -0.3 is 15.2 Å². The summed E-state index contributed by atoms with van der Waals surface area (Å²) in [7, 11) is 0. The summed E-state index contributed by atoms with van der Waals surface area (Å²) in [5.41, 5.74) is 7.03. The molecular weight excluding hydrogens is 262 g/mol. The van der Waals surface area contributed by atoms with Gasteiger partial charge in [0.15, 0.2) is 0 Å². The molecule has 1 saturated heterocycles. The molecule has 0 aromatic heterocycles. The molecule has 0 aliphatic carbocycles. The third-order valence-electron chi connectivity index (χ3n) is 3.91. The number of para-hydroxylation sites is 1. The van der Waals surface area contributed by atoms with Gasteiger partial charge in [-0.2, -0.15) is 0 Å². The summed E-state index contributed by atoms with van der Waals surface area (Å²) in [6, 6.07) is 17.9. The van der Waals surface area contributed by atoms with Crippen LogP contribution in [-0.4, -0.2) is 13.2 Å². The van der Waals surface area contributed by atoms with Crippen molar-refractivity contribution in [3.05, 3.63) is 60.2 Å². The molecule has 2 unspecified atom stereocenters. The monoisotopic (exact) mass is 283 g/mol. The summed E-state index contributed by atoms with van der Waals surface area (Å²) >= 11 is 0. The lowest BCUT2D eigenvalue weighted by molar-refractivity contribution is -0.0252. The summed E-state index contributed by atoms with van der Waals surface area (Å²) in [4.78, 5) is 0. The molecule has 3 rings (SSSR count). The van der Waals surface area contributed by atoms with E-state index in [0.717, 1.165) is 36.5 Å². The zero-order valence-corrected chi connectivity index (χ0v) is 12.1. The fraction of sp³-hybridized carbons (Fsp3) is 0.333. The van der Waals surface area contributed by atoms with Crippen LogP contribution < -0.4 is 10.5 Å². The SMILES string of the molecule is NCC1CCCOC1c1cccc(Oc2ccccc2)c1. The van der Waals surface area contributed by atoms with Crippen LogP contribution in [0.2, 0.25) is 0 Å². The molecule has 1 aliphatic rings. The van der Waals surface area contributed by atoms with Crippen molar-refractivity contribution in [2.45, 2.75) is 18.9 Å². The maximum atomic E-state index is 5.94. The first-order valence-electron chi connectivity index (χ1n) is 7.51. The van der Waals surface area contributed by atoms with Gasteiger partial charge in [-0.05, 0) is 49.2 Å². The van der Waals surface area contributed by atoms with Gasteiger partial charge in [0.1, 0.15) is 11.5 Å². The van der Waals surface area contributed by atoms with E-state index in [0.29, 0.717) is 12.5 Å². The first-order valence-corrected chi connectivity index (χ1v) is 7.51. The van der Waals surface area contributed by atoms with E-state index in [1.807, 2.05) is 42.5 Å².